The molecule has 1 saturated heterocycles. The minimum atomic E-state index is -0.489. The van der Waals surface area contributed by atoms with Crippen molar-refractivity contribution >= 4 is 23.5 Å². The Kier molecular flexibility index (Phi) is 5.90. The number of anilines is 1. The topological polar surface area (TPSA) is 67.3 Å². The Morgan fingerprint density at radius 3 is 2.65 bits per heavy atom. The second-order valence-electron chi connectivity index (χ2n) is 8.33. The molecule has 26 heavy (non-hydrogen) atoms. The van der Waals surface area contributed by atoms with Gasteiger partial charge < -0.3 is 15.0 Å². The Hall–Kier alpha value is -1.56. The van der Waals surface area contributed by atoms with Gasteiger partial charge in [-0.3, -0.25) is 0 Å². The molecule has 1 saturated carbocycles. The monoisotopic (exact) mass is 380 g/mol. The molecule has 1 atom stereocenters. The lowest BCUT2D eigenvalue weighted by Gasteiger charge is -2.24. The third kappa shape index (κ3) is 5.22. The molecule has 0 unspecified atom stereocenters. The summed E-state index contributed by atoms with van der Waals surface area (Å²) in [5.41, 5.74) is 0.570. The molecule has 7 heteroatoms. The third-order valence-corrected chi connectivity index (χ3v) is 5.13. The van der Waals surface area contributed by atoms with Crippen molar-refractivity contribution in [2.75, 3.05) is 18.0 Å². The zero-order valence-electron chi connectivity index (χ0n) is 15.9. The van der Waals surface area contributed by atoms with Crippen LogP contribution in [0, 0.1) is 0 Å². The van der Waals surface area contributed by atoms with Crippen LogP contribution in [0.1, 0.15) is 70.9 Å². The van der Waals surface area contributed by atoms with Crippen LogP contribution in [-0.4, -0.2) is 40.8 Å². The summed E-state index contributed by atoms with van der Waals surface area (Å²) in [4.78, 5) is 23.0. The molecule has 1 aliphatic carbocycles. The average Bonchev–Trinajstić information content (AvgIpc) is 3.01. The minimum absolute atomic E-state index is 0.0525. The molecular weight excluding hydrogens is 352 g/mol. The van der Waals surface area contributed by atoms with Crippen molar-refractivity contribution in [3.63, 3.8) is 0 Å². The van der Waals surface area contributed by atoms with Gasteiger partial charge in [-0.15, -0.1) is 0 Å². The van der Waals surface area contributed by atoms with Crippen LogP contribution < -0.4 is 10.2 Å². The highest BCUT2D eigenvalue weighted by molar-refractivity contribution is 6.28. The molecule has 0 radical (unpaired) electrons. The molecule has 2 aliphatic rings. The van der Waals surface area contributed by atoms with E-state index in [-0.39, 0.29) is 12.1 Å². The Labute approximate surface area is 160 Å². The van der Waals surface area contributed by atoms with Crippen LogP contribution in [0.4, 0.5) is 10.6 Å². The summed E-state index contributed by atoms with van der Waals surface area (Å²) in [6, 6.07) is 2.13. The lowest BCUT2D eigenvalue weighted by atomic mass is 9.87. The predicted octanol–water partition coefficient (Wildman–Crippen LogP) is 4.28. The predicted molar refractivity (Wildman–Crippen MR) is 103 cm³/mol. The van der Waals surface area contributed by atoms with E-state index in [0.29, 0.717) is 17.7 Å². The first-order valence-electron chi connectivity index (χ1n) is 9.59. The fraction of sp³-hybridized carbons (Fsp3) is 0.737. The van der Waals surface area contributed by atoms with Crippen molar-refractivity contribution in [1.29, 1.82) is 0 Å². The maximum atomic E-state index is 12.0. The van der Waals surface area contributed by atoms with E-state index in [4.69, 9.17) is 16.3 Å². The van der Waals surface area contributed by atoms with Gasteiger partial charge in [0.25, 0.3) is 0 Å². The number of alkyl carbamates (subject to hydrolysis) is 1. The van der Waals surface area contributed by atoms with Crippen molar-refractivity contribution in [2.24, 2.45) is 0 Å². The molecule has 6 nitrogen and oxygen atoms in total. The summed E-state index contributed by atoms with van der Waals surface area (Å²) in [6.07, 6.45) is 6.67. The number of hydrogen-bond donors (Lipinski definition) is 1. The van der Waals surface area contributed by atoms with Crippen LogP contribution in [0.2, 0.25) is 5.28 Å². The van der Waals surface area contributed by atoms with Crippen molar-refractivity contribution in [1.82, 2.24) is 15.3 Å². The molecule has 144 valence electrons. The highest BCUT2D eigenvalue weighted by Gasteiger charge is 2.28. The highest BCUT2D eigenvalue weighted by atomic mass is 35.5. The van der Waals surface area contributed by atoms with Crippen molar-refractivity contribution in [3.05, 3.63) is 17.0 Å². The van der Waals surface area contributed by atoms with Gasteiger partial charge in [-0.25, -0.2) is 14.8 Å². The lowest BCUT2D eigenvalue weighted by molar-refractivity contribution is 0.0509. The van der Waals surface area contributed by atoms with Crippen LogP contribution >= 0.6 is 11.6 Å². The molecule has 0 aromatic carbocycles. The number of carbonyl (C=O) groups is 1. The zero-order valence-corrected chi connectivity index (χ0v) is 16.7. The van der Waals surface area contributed by atoms with Crippen molar-refractivity contribution in [2.45, 2.75) is 76.9 Å². The number of amides is 1. The highest BCUT2D eigenvalue weighted by Crippen LogP contribution is 2.33. The summed E-state index contributed by atoms with van der Waals surface area (Å²) >= 11 is 6.20. The number of aromatic nitrogens is 2. The Bertz CT molecular complexity index is 641. The first kappa shape index (κ1) is 19.2. The molecule has 3 rings (SSSR count). The molecule has 2 heterocycles. The van der Waals surface area contributed by atoms with E-state index in [2.05, 4.69) is 26.3 Å². The quantitative estimate of drug-likeness (QED) is 0.792. The van der Waals surface area contributed by atoms with E-state index < -0.39 is 5.60 Å². The summed E-state index contributed by atoms with van der Waals surface area (Å²) in [7, 11) is 0. The van der Waals surface area contributed by atoms with E-state index in [1.807, 2.05) is 20.8 Å². The SMILES string of the molecule is CC(C)(C)OC(=O)N[C@@H]1CCN(c2cc(C3CCCCC3)nc(Cl)n2)C1. The molecule has 1 N–H and O–H groups in total. The lowest BCUT2D eigenvalue weighted by Crippen LogP contribution is -2.40. The fourth-order valence-electron chi connectivity index (χ4n) is 3.75. The number of halogens is 1. The van der Waals surface area contributed by atoms with Crippen LogP contribution in [0.25, 0.3) is 0 Å². The number of carbonyl (C=O) groups excluding carboxylic acids is 1. The number of ether oxygens (including phenoxy) is 1. The van der Waals surface area contributed by atoms with E-state index in [1.54, 1.807) is 0 Å². The van der Waals surface area contributed by atoms with Crippen molar-refractivity contribution < 1.29 is 9.53 Å². The summed E-state index contributed by atoms with van der Waals surface area (Å²) in [6.45, 7) is 7.13. The van der Waals surface area contributed by atoms with Gasteiger partial charge in [-0.1, -0.05) is 19.3 Å². The van der Waals surface area contributed by atoms with Gasteiger partial charge in [-0.05, 0) is 51.6 Å². The van der Waals surface area contributed by atoms with Gasteiger partial charge in [0.2, 0.25) is 5.28 Å². The molecule has 1 aliphatic heterocycles. The number of nitrogens with zero attached hydrogens (tertiary/aromatic N) is 3. The summed E-state index contributed by atoms with van der Waals surface area (Å²) in [5, 5.41) is 3.26. The largest absolute Gasteiger partial charge is 0.444 e. The zero-order chi connectivity index (χ0) is 18.7. The molecular formula is C19H29ClN4O2. The smallest absolute Gasteiger partial charge is 0.407 e. The first-order chi connectivity index (χ1) is 12.3. The minimum Gasteiger partial charge on any atom is -0.444 e. The van der Waals surface area contributed by atoms with E-state index in [0.717, 1.165) is 24.5 Å². The molecule has 1 aromatic heterocycles. The van der Waals surface area contributed by atoms with Gasteiger partial charge >= 0.3 is 6.09 Å². The molecule has 1 amide bonds. The maximum absolute atomic E-state index is 12.0. The van der Waals surface area contributed by atoms with E-state index in [9.17, 15) is 4.79 Å². The van der Waals surface area contributed by atoms with Crippen molar-refractivity contribution in [3.8, 4) is 0 Å². The van der Waals surface area contributed by atoms with E-state index in [1.165, 1.54) is 32.1 Å². The van der Waals surface area contributed by atoms with Crippen LogP contribution in [0.5, 0.6) is 0 Å². The molecule has 2 fully saturated rings. The maximum Gasteiger partial charge on any atom is 0.407 e. The summed E-state index contributed by atoms with van der Waals surface area (Å²) < 4.78 is 5.34. The fourth-order valence-corrected chi connectivity index (χ4v) is 3.94. The number of rotatable bonds is 3. The Balaban J connectivity index is 1.63. The van der Waals surface area contributed by atoms with Crippen LogP contribution in [0.3, 0.4) is 0 Å². The standard InChI is InChI=1S/C19H29ClN4O2/c1-19(2,3)26-18(25)21-14-9-10-24(12-14)16-11-15(22-17(20)23-16)13-7-5-4-6-8-13/h11,13-14H,4-10,12H2,1-3H3,(H,21,25)/t14-/m1/s1. The van der Waals surface area contributed by atoms with Crippen LogP contribution in [0.15, 0.2) is 6.07 Å². The van der Waals surface area contributed by atoms with Gasteiger partial charge in [0.05, 0.1) is 11.7 Å². The number of nitrogens with one attached hydrogen (secondary N) is 1. The van der Waals surface area contributed by atoms with Crippen LogP contribution in [-0.2, 0) is 4.74 Å². The first-order valence-corrected chi connectivity index (χ1v) is 9.97. The van der Waals surface area contributed by atoms with Gasteiger partial charge in [-0.2, -0.15) is 0 Å². The molecule has 1 aromatic rings. The average molecular weight is 381 g/mol. The summed E-state index contributed by atoms with van der Waals surface area (Å²) in [5.74, 6) is 1.35. The second-order valence-corrected chi connectivity index (χ2v) is 8.67. The van der Waals surface area contributed by atoms with Gasteiger partial charge in [0.1, 0.15) is 11.4 Å². The van der Waals surface area contributed by atoms with E-state index >= 15 is 0 Å². The third-order valence-electron chi connectivity index (χ3n) is 4.96. The normalized spacial score (nSPS) is 21.7. The Morgan fingerprint density at radius 1 is 1.23 bits per heavy atom. The molecule has 0 bridgehead atoms. The second kappa shape index (κ2) is 7.99. The Morgan fingerprint density at radius 2 is 1.96 bits per heavy atom. The van der Waals surface area contributed by atoms with Gasteiger partial charge in [0.15, 0.2) is 0 Å². The number of hydrogen-bond acceptors (Lipinski definition) is 5. The molecule has 0 spiro atoms. The van der Waals surface area contributed by atoms with Gasteiger partial charge in [0, 0.05) is 25.1 Å².